The summed E-state index contributed by atoms with van der Waals surface area (Å²) in [5.74, 6) is -1.95. The maximum absolute atomic E-state index is 10.4. The van der Waals surface area contributed by atoms with Gasteiger partial charge in [-0.25, -0.2) is 5.11 Å². The molecule has 0 aliphatic rings. The van der Waals surface area contributed by atoms with Gasteiger partial charge in [0.2, 0.25) is 0 Å². The summed E-state index contributed by atoms with van der Waals surface area (Å²) in [5, 5.41) is 20.2. The van der Waals surface area contributed by atoms with Crippen LogP contribution in [0.25, 0.3) is 0 Å². The molecule has 0 aliphatic heterocycles. The van der Waals surface area contributed by atoms with Gasteiger partial charge in [0, 0.05) is 0 Å². The number of carbonyl (C=O) groups excluding carboxylic acids is 1. The molecule has 10 heavy (non-hydrogen) atoms. The van der Waals surface area contributed by atoms with Gasteiger partial charge in [-0.2, -0.15) is 0 Å². The zero-order valence-electron chi connectivity index (χ0n) is 5.46. The Kier molecular flexibility index (Phi) is 3.42. The third-order valence-electron chi connectivity index (χ3n) is 0.783. The Balaban J connectivity index is 3.50. The highest BCUT2D eigenvalue weighted by Crippen LogP contribution is 1.78. The largest absolute Gasteiger partial charge is 0.480 e. The molecule has 0 aromatic heterocycles. The van der Waals surface area contributed by atoms with E-state index in [1.807, 2.05) is 5.32 Å². The highest BCUT2D eigenvalue weighted by Gasteiger charge is 2.10. The van der Waals surface area contributed by atoms with Crippen LogP contribution in [0.15, 0.2) is 0 Å². The minimum absolute atomic E-state index is 0.495. The van der Waals surface area contributed by atoms with Gasteiger partial charge in [-0.3, -0.25) is 9.59 Å². The fourth-order valence-corrected chi connectivity index (χ4v) is 0.306. The van der Waals surface area contributed by atoms with E-state index in [1.54, 1.807) is 0 Å². The lowest BCUT2D eigenvalue weighted by Gasteiger charge is -2.00. The van der Waals surface area contributed by atoms with Gasteiger partial charge in [0.1, 0.15) is 6.54 Å². The number of carboxylic acids is 1. The lowest BCUT2D eigenvalue weighted by molar-refractivity contribution is -0.140. The number of nitrogens with one attached hydrogen (secondary N) is 1. The predicted molar refractivity (Wildman–Crippen MR) is 30.8 cm³/mol. The normalized spacial score (nSPS) is 12.2. The summed E-state index contributed by atoms with van der Waals surface area (Å²) in [6.07, 6.45) is -1.40. The number of hydrogen-bond acceptors (Lipinski definition) is 2. The van der Waals surface area contributed by atoms with Crippen molar-refractivity contribution in [2.75, 3.05) is 6.54 Å². The van der Waals surface area contributed by atoms with Crippen LogP contribution in [0.5, 0.6) is 0 Å². The van der Waals surface area contributed by atoms with Crippen molar-refractivity contribution in [2.24, 2.45) is 0 Å². The van der Waals surface area contributed by atoms with Gasteiger partial charge in [0.15, 0.2) is 6.10 Å². The van der Waals surface area contributed by atoms with Crippen molar-refractivity contribution in [1.82, 2.24) is 5.32 Å². The van der Waals surface area contributed by atoms with Crippen molar-refractivity contribution in [3.8, 4) is 0 Å². The Labute approximate surface area is 57.7 Å². The highest BCUT2D eigenvalue weighted by atomic mass is 16.4. The molecule has 0 bridgehead atoms. The average molecular weight is 146 g/mol. The fourth-order valence-electron chi connectivity index (χ4n) is 0.306. The smallest absolute Gasteiger partial charge is 0.322 e. The zero-order chi connectivity index (χ0) is 8.15. The molecule has 0 aromatic carbocycles. The summed E-state index contributed by atoms with van der Waals surface area (Å²) in [7, 11) is 0. The average Bonchev–Trinajstić information content (AvgIpc) is 1.82. The van der Waals surface area contributed by atoms with Crippen molar-refractivity contribution in [3.63, 3.8) is 0 Å². The quantitative estimate of drug-likeness (QED) is 0.535. The van der Waals surface area contributed by atoms with Gasteiger partial charge in [-0.05, 0) is 6.92 Å². The maximum Gasteiger partial charge on any atom is 0.322 e. The molecule has 1 atom stereocenters. The van der Waals surface area contributed by atoms with Crippen molar-refractivity contribution in [1.29, 1.82) is 0 Å². The van der Waals surface area contributed by atoms with E-state index in [4.69, 9.17) is 5.11 Å². The van der Waals surface area contributed by atoms with Gasteiger partial charge >= 0.3 is 5.97 Å². The molecule has 1 radical (unpaired) electrons. The van der Waals surface area contributed by atoms with Crippen LogP contribution in [0.4, 0.5) is 0 Å². The minimum Gasteiger partial charge on any atom is -0.480 e. The topological polar surface area (TPSA) is 86.3 Å². The standard InChI is InChI=1S/C5H8NO4/c1-3(7)5(10)6-2-4(8)9/h3H,2H2,1H3,(H,6,10)(H,8,9). The maximum atomic E-state index is 10.4. The fraction of sp³-hybridized carbons (Fsp3) is 0.600. The number of hydrogen-bond donors (Lipinski definition) is 2. The van der Waals surface area contributed by atoms with E-state index in [2.05, 4.69) is 0 Å². The lowest BCUT2D eigenvalue weighted by atomic mass is 10.4. The van der Waals surface area contributed by atoms with Crippen molar-refractivity contribution in [2.45, 2.75) is 13.0 Å². The third kappa shape index (κ3) is 3.85. The molecule has 5 heteroatoms. The first-order valence-electron chi connectivity index (χ1n) is 2.69. The molecule has 0 aliphatic carbocycles. The van der Waals surface area contributed by atoms with Crippen molar-refractivity contribution >= 4 is 11.9 Å². The van der Waals surface area contributed by atoms with Gasteiger partial charge < -0.3 is 10.4 Å². The Morgan fingerprint density at radius 2 is 2.10 bits per heavy atom. The highest BCUT2D eigenvalue weighted by molar-refractivity contribution is 5.83. The number of aliphatic carboxylic acids is 1. The SMILES string of the molecule is CC([O])C(=O)NCC(=O)O. The van der Waals surface area contributed by atoms with Crippen LogP contribution >= 0.6 is 0 Å². The van der Waals surface area contributed by atoms with Crippen LogP contribution in [0.3, 0.4) is 0 Å². The Morgan fingerprint density at radius 1 is 1.60 bits per heavy atom. The van der Waals surface area contributed by atoms with Crippen LogP contribution in [0.1, 0.15) is 6.92 Å². The molecule has 0 saturated heterocycles. The molecule has 0 spiro atoms. The summed E-state index contributed by atoms with van der Waals surface area (Å²) in [5.41, 5.74) is 0. The van der Waals surface area contributed by atoms with Crippen LogP contribution < -0.4 is 5.32 Å². The second-order valence-corrected chi connectivity index (χ2v) is 1.75. The predicted octanol–water partition coefficient (Wildman–Crippen LogP) is -0.994. The van der Waals surface area contributed by atoms with E-state index in [-0.39, 0.29) is 0 Å². The van der Waals surface area contributed by atoms with Crippen molar-refractivity contribution in [3.05, 3.63) is 0 Å². The molecule has 1 amide bonds. The summed E-state index contributed by atoms with van der Waals surface area (Å²) in [4.78, 5) is 20.2. The summed E-state index contributed by atoms with van der Waals surface area (Å²) in [6.45, 7) is 0.655. The molecule has 0 saturated carbocycles. The lowest BCUT2D eigenvalue weighted by Crippen LogP contribution is -2.35. The molecule has 0 fully saturated rings. The molecule has 5 nitrogen and oxygen atoms in total. The molecular weight excluding hydrogens is 138 g/mol. The van der Waals surface area contributed by atoms with E-state index in [0.717, 1.165) is 6.92 Å². The van der Waals surface area contributed by atoms with E-state index < -0.39 is 24.5 Å². The van der Waals surface area contributed by atoms with Gasteiger partial charge in [-0.15, -0.1) is 0 Å². The number of carbonyl (C=O) groups is 2. The Morgan fingerprint density at radius 3 is 2.40 bits per heavy atom. The second kappa shape index (κ2) is 3.84. The second-order valence-electron chi connectivity index (χ2n) is 1.75. The van der Waals surface area contributed by atoms with Crippen molar-refractivity contribution < 1.29 is 19.8 Å². The van der Waals surface area contributed by atoms with E-state index in [0.29, 0.717) is 0 Å². The first kappa shape index (κ1) is 8.90. The van der Waals surface area contributed by atoms with Crippen LogP contribution in [-0.4, -0.2) is 29.6 Å². The van der Waals surface area contributed by atoms with E-state index >= 15 is 0 Å². The molecule has 1 unspecified atom stereocenters. The molecular formula is C5H8NO4. The van der Waals surface area contributed by atoms with Gasteiger partial charge in [-0.1, -0.05) is 0 Å². The summed E-state index contributed by atoms with van der Waals surface area (Å²) >= 11 is 0. The Hall–Kier alpha value is -1.10. The third-order valence-corrected chi connectivity index (χ3v) is 0.783. The number of amides is 1. The first-order chi connectivity index (χ1) is 4.54. The van der Waals surface area contributed by atoms with E-state index in [1.165, 1.54) is 0 Å². The van der Waals surface area contributed by atoms with Gasteiger partial charge in [0.25, 0.3) is 5.91 Å². The minimum atomic E-state index is -1.40. The molecule has 0 rings (SSSR count). The van der Waals surface area contributed by atoms with Gasteiger partial charge in [0.05, 0.1) is 0 Å². The number of carboxylic acid groups (broad SMARTS) is 1. The molecule has 2 N–H and O–H groups in total. The monoisotopic (exact) mass is 146 g/mol. The van der Waals surface area contributed by atoms with E-state index in [9.17, 15) is 14.7 Å². The van der Waals surface area contributed by atoms with Crippen LogP contribution in [0.2, 0.25) is 0 Å². The Bertz CT molecular complexity index is 143. The summed E-state index contributed by atoms with van der Waals surface area (Å²) < 4.78 is 0. The zero-order valence-corrected chi connectivity index (χ0v) is 5.46. The molecule has 0 aromatic rings. The molecule has 0 heterocycles. The first-order valence-corrected chi connectivity index (χ1v) is 2.69. The van der Waals surface area contributed by atoms with Crippen LogP contribution in [0, 0.1) is 0 Å². The molecule has 57 valence electrons. The van der Waals surface area contributed by atoms with Crippen LogP contribution in [-0.2, 0) is 14.7 Å². The number of rotatable bonds is 3. The summed E-state index contributed by atoms with van der Waals surface area (Å²) in [6, 6.07) is 0.